The molecule has 4 rings (SSSR count). The lowest BCUT2D eigenvalue weighted by atomic mass is 10.1. The summed E-state index contributed by atoms with van der Waals surface area (Å²) in [6.45, 7) is 3.96. The first-order chi connectivity index (χ1) is 13.5. The van der Waals surface area contributed by atoms with Crippen LogP contribution in [0, 0.1) is 13.8 Å². The zero-order valence-corrected chi connectivity index (χ0v) is 16.2. The van der Waals surface area contributed by atoms with Crippen molar-refractivity contribution in [2.45, 2.75) is 13.8 Å². The molecule has 0 fully saturated rings. The van der Waals surface area contributed by atoms with E-state index in [9.17, 15) is 4.79 Å². The van der Waals surface area contributed by atoms with Crippen LogP contribution in [0.2, 0.25) is 0 Å². The molecule has 5 heteroatoms. The minimum Gasteiger partial charge on any atom is -0.350 e. The zero-order chi connectivity index (χ0) is 19.7. The molecule has 140 valence electrons. The van der Waals surface area contributed by atoms with Crippen LogP contribution < -0.4 is 5.32 Å². The molecular formula is C23H22N4O. The Bertz CT molecular complexity index is 1180. The Morgan fingerprint density at radius 2 is 1.82 bits per heavy atom. The number of hydrogen-bond acceptors (Lipinski definition) is 2. The van der Waals surface area contributed by atoms with Crippen LogP contribution >= 0.6 is 0 Å². The van der Waals surface area contributed by atoms with Crippen molar-refractivity contribution in [3.8, 4) is 5.69 Å². The van der Waals surface area contributed by atoms with Gasteiger partial charge < -0.3 is 9.88 Å². The molecule has 0 unspecified atom stereocenters. The Labute approximate surface area is 163 Å². The topological polar surface area (TPSA) is 51.9 Å². The van der Waals surface area contributed by atoms with Crippen LogP contribution in [0.25, 0.3) is 22.7 Å². The van der Waals surface area contributed by atoms with Gasteiger partial charge in [0.05, 0.1) is 17.1 Å². The lowest BCUT2D eigenvalue weighted by molar-refractivity contribution is -0.111. The van der Waals surface area contributed by atoms with Crippen LogP contribution in [0.15, 0.2) is 66.9 Å². The van der Waals surface area contributed by atoms with Crippen molar-refractivity contribution in [2.24, 2.45) is 7.05 Å². The summed E-state index contributed by atoms with van der Waals surface area (Å²) in [7, 11) is 1.99. The van der Waals surface area contributed by atoms with Gasteiger partial charge in [-0.2, -0.15) is 5.10 Å². The van der Waals surface area contributed by atoms with Gasteiger partial charge in [0.1, 0.15) is 0 Å². The average Bonchev–Trinajstić information content (AvgIpc) is 3.21. The molecule has 0 aliphatic rings. The Hall–Kier alpha value is -3.60. The van der Waals surface area contributed by atoms with E-state index in [0.29, 0.717) is 0 Å². The number of fused-ring (bicyclic) bond motifs is 1. The normalized spacial score (nSPS) is 11.4. The van der Waals surface area contributed by atoms with Gasteiger partial charge in [0.25, 0.3) is 0 Å². The van der Waals surface area contributed by atoms with E-state index in [1.807, 2.05) is 97.0 Å². The van der Waals surface area contributed by atoms with Crippen molar-refractivity contribution in [2.75, 3.05) is 5.32 Å². The lowest BCUT2D eigenvalue weighted by Gasteiger charge is -2.05. The first-order valence-electron chi connectivity index (χ1n) is 9.19. The summed E-state index contributed by atoms with van der Waals surface area (Å²) in [6, 6.07) is 17.9. The highest BCUT2D eigenvalue weighted by atomic mass is 16.1. The molecule has 0 saturated heterocycles. The predicted molar refractivity (Wildman–Crippen MR) is 114 cm³/mol. The molecule has 0 aliphatic carbocycles. The van der Waals surface area contributed by atoms with Gasteiger partial charge in [-0.3, -0.25) is 4.79 Å². The maximum absolute atomic E-state index is 12.5. The number of benzene rings is 2. The third kappa shape index (κ3) is 3.22. The number of amides is 1. The molecule has 1 N–H and O–H groups in total. The van der Waals surface area contributed by atoms with Crippen molar-refractivity contribution in [1.82, 2.24) is 14.3 Å². The van der Waals surface area contributed by atoms with Gasteiger partial charge in [0.15, 0.2) is 0 Å². The van der Waals surface area contributed by atoms with Gasteiger partial charge >= 0.3 is 0 Å². The van der Waals surface area contributed by atoms with Gasteiger partial charge in [0.2, 0.25) is 5.91 Å². The Kier molecular flexibility index (Phi) is 4.57. The van der Waals surface area contributed by atoms with E-state index in [0.717, 1.165) is 39.2 Å². The molecule has 5 nitrogen and oxygen atoms in total. The molecule has 0 aliphatic heterocycles. The van der Waals surface area contributed by atoms with Crippen LogP contribution in [0.5, 0.6) is 0 Å². The highest BCUT2D eigenvalue weighted by Crippen LogP contribution is 2.24. The van der Waals surface area contributed by atoms with E-state index in [-0.39, 0.29) is 5.91 Å². The molecule has 0 saturated carbocycles. The molecule has 28 heavy (non-hydrogen) atoms. The Morgan fingerprint density at radius 3 is 2.61 bits per heavy atom. The number of rotatable bonds is 4. The minimum absolute atomic E-state index is 0.164. The second-order valence-electron chi connectivity index (χ2n) is 6.82. The number of hydrogen-bond donors (Lipinski definition) is 1. The Morgan fingerprint density at radius 1 is 1.04 bits per heavy atom. The summed E-state index contributed by atoms with van der Waals surface area (Å²) in [5.74, 6) is -0.164. The standard InChI is InChI=1S/C23H22N4O/c1-16-19(17(2)27(25-16)18-8-5-4-6-9-18)12-13-23(28)24-21-10-7-11-22-20(21)14-15-26(22)3/h4-15H,1-3H3,(H,24,28)/b13-12+. The van der Waals surface area contributed by atoms with Gasteiger partial charge in [-0.05, 0) is 50.3 Å². The fourth-order valence-electron chi connectivity index (χ4n) is 3.46. The Balaban J connectivity index is 1.57. The fraction of sp³-hybridized carbons (Fsp3) is 0.130. The second kappa shape index (κ2) is 7.19. The van der Waals surface area contributed by atoms with Gasteiger partial charge in [-0.25, -0.2) is 4.68 Å². The number of anilines is 1. The van der Waals surface area contributed by atoms with Crippen LogP contribution in [0.1, 0.15) is 17.0 Å². The number of aryl methyl sites for hydroxylation is 2. The van der Waals surface area contributed by atoms with E-state index in [1.54, 1.807) is 6.08 Å². The smallest absolute Gasteiger partial charge is 0.248 e. The van der Waals surface area contributed by atoms with Gasteiger partial charge in [-0.15, -0.1) is 0 Å². The first kappa shape index (κ1) is 17.8. The molecule has 0 atom stereocenters. The number of aromatic nitrogens is 3. The molecule has 2 aromatic heterocycles. The molecule has 0 bridgehead atoms. The molecule has 2 aromatic carbocycles. The highest BCUT2D eigenvalue weighted by Gasteiger charge is 2.11. The van der Waals surface area contributed by atoms with Crippen molar-refractivity contribution < 1.29 is 4.79 Å². The minimum atomic E-state index is -0.164. The summed E-state index contributed by atoms with van der Waals surface area (Å²) < 4.78 is 3.93. The van der Waals surface area contributed by atoms with Crippen LogP contribution in [-0.2, 0) is 11.8 Å². The van der Waals surface area contributed by atoms with Crippen LogP contribution in [0.3, 0.4) is 0 Å². The number of para-hydroxylation sites is 1. The van der Waals surface area contributed by atoms with E-state index in [4.69, 9.17) is 0 Å². The average molecular weight is 370 g/mol. The molecule has 0 spiro atoms. The molecule has 0 radical (unpaired) electrons. The largest absolute Gasteiger partial charge is 0.350 e. The predicted octanol–water partition coefficient (Wildman–Crippen LogP) is 4.63. The van der Waals surface area contributed by atoms with Crippen LogP contribution in [0.4, 0.5) is 5.69 Å². The van der Waals surface area contributed by atoms with Crippen molar-refractivity contribution in [3.05, 3.63) is 83.8 Å². The summed E-state index contributed by atoms with van der Waals surface area (Å²) in [5.41, 5.74) is 5.73. The summed E-state index contributed by atoms with van der Waals surface area (Å²) in [4.78, 5) is 12.5. The lowest BCUT2D eigenvalue weighted by Crippen LogP contribution is -2.08. The third-order valence-electron chi connectivity index (χ3n) is 4.94. The SMILES string of the molecule is Cc1nn(-c2ccccc2)c(C)c1/C=C/C(=O)Nc1cccc2c1ccn2C. The molecule has 2 heterocycles. The van der Waals surface area contributed by atoms with Crippen molar-refractivity contribution >= 4 is 28.6 Å². The van der Waals surface area contributed by atoms with E-state index >= 15 is 0 Å². The summed E-state index contributed by atoms with van der Waals surface area (Å²) in [5, 5.41) is 8.62. The first-order valence-corrected chi connectivity index (χ1v) is 9.19. The van der Waals surface area contributed by atoms with Crippen LogP contribution in [-0.4, -0.2) is 20.3 Å². The summed E-state index contributed by atoms with van der Waals surface area (Å²) >= 11 is 0. The monoisotopic (exact) mass is 370 g/mol. The number of carbonyl (C=O) groups excluding carboxylic acids is 1. The van der Waals surface area contributed by atoms with Gasteiger partial charge in [-0.1, -0.05) is 24.3 Å². The number of nitrogens with zero attached hydrogens (tertiary/aromatic N) is 3. The molecule has 4 aromatic rings. The van der Waals surface area contributed by atoms with Crippen molar-refractivity contribution in [1.29, 1.82) is 0 Å². The molecule has 1 amide bonds. The van der Waals surface area contributed by atoms with E-state index in [1.165, 1.54) is 0 Å². The maximum Gasteiger partial charge on any atom is 0.248 e. The maximum atomic E-state index is 12.5. The quantitative estimate of drug-likeness (QED) is 0.532. The zero-order valence-electron chi connectivity index (χ0n) is 16.2. The third-order valence-corrected chi connectivity index (χ3v) is 4.94. The van der Waals surface area contributed by atoms with Crippen molar-refractivity contribution in [3.63, 3.8) is 0 Å². The number of carbonyl (C=O) groups is 1. The second-order valence-corrected chi connectivity index (χ2v) is 6.82. The van der Waals surface area contributed by atoms with E-state index < -0.39 is 0 Å². The summed E-state index contributed by atoms with van der Waals surface area (Å²) in [6.07, 6.45) is 5.38. The fourth-order valence-corrected chi connectivity index (χ4v) is 3.46. The van der Waals surface area contributed by atoms with Gasteiger partial charge in [0, 0.05) is 41.5 Å². The highest BCUT2D eigenvalue weighted by molar-refractivity contribution is 6.07. The van der Waals surface area contributed by atoms with E-state index in [2.05, 4.69) is 10.4 Å². The number of nitrogens with one attached hydrogen (secondary N) is 1. The molecular weight excluding hydrogens is 348 g/mol.